The minimum atomic E-state index is -0.276. The lowest BCUT2D eigenvalue weighted by Gasteiger charge is -2.13. The van der Waals surface area contributed by atoms with Gasteiger partial charge in [0.05, 0.1) is 0 Å². The Morgan fingerprint density at radius 2 is 2.18 bits per heavy atom. The average Bonchev–Trinajstić information content (AvgIpc) is 3.08. The Hall–Kier alpha value is -0.570. The van der Waals surface area contributed by atoms with Gasteiger partial charge < -0.3 is 4.74 Å². The summed E-state index contributed by atoms with van der Waals surface area (Å²) in [6.45, 7) is 0. The highest BCUT2D eigenvalue weighted by atomic mass is 35.5. The summed E-state index contributed by atoms with van der Waals surface area (Å²) in [5.41, 5.74) is 0.809. The molecule has 1 unspecified atom stereocenters. The van der Waals surface area contributed by atoms with E-state index < -0.39 is 0 Å². The molecule has 2 rings (SSSR count). The fraction of sp³-hybridized carbons (Fsp3) is 0.462. The fourth-order valence-electron chi connectivity index (χ4n) is 1.94. The number of carbonyl (C=O) groups is 1. The van der Waals surface area contributed by atoms with Gasteiger partial charge in [0.25, 0.3) is 0 Å². The van der Waals surface area contributed by atoms with Crippen LogP contribution in [-0.2, 0) is 16.0 Å². The minimum Gasteiger partial charge on any atom is -0.373 e. The Labute approximate surface area is 111 Å². The third kappa shape index (κ3) is 3.21. The first kappa shape index (κ1) is 12.9. The molecule has 1 aromatic rings. The number of rotatable bonds is 5. The van der Waals surface area contributed by atoms with Crippen LogP contribution in [0.5, 0.6) is 0 Å². The van der Waals surface area contributed by atoms with Crippen molar-refractivity contribution in [3.05, 3.63) is 33.8 Å². The fourth-order valence-corrected chi connectivity index (χ4v) is 2.41. The standard InChI is InChI=1S/C13H14Cl2O2/c1-17-13(8-2-3-8)12(16)6-9-4-5-10(14)7-11(9)15/h4-5,7-8,13H,2-3,6H2,1H3. The smallest absolute Gasteiger partial charge is 0.166 e. The quantitative estimate of drug-likeness (QED) is 0.820. The predicted molar refractivity (Wildman–Crippen MR) is 68.7 cm³/mol. The second-order valence-corrected chi connectivity index (χ2v) is 5.22. The molecule has 4 heteroatoms. The summed E-state index contributed by atoms with van der Waals surface area (Å²) < 4.78 is 5.25. The largest absolute Gasteiger partial charge is 0.373 e. The van der Waals surface area contributed by atoms with Crippen LogP contribution in [0, 0.1) is 5.92 Å². The number of carbonyl (C=O) groups excluding carboxylic acids is 1. The maximum absolute atomic E-state index is 12.0. The maximum Gasteiger partial charge on any atom is 0.166 e. The zero-order valence-corrected chi connectivity index (χ0v) is 11.1. The van der Waals surface area contributed by atoms with Crippen LogP contribution in [0.3, 0.4) is 0 Å². The number of halogens is 2. The van der Waals surface area contributed by atoms with E-state index in [1.54, 1.807) is 25.3 Å². The topological polar surface area (TPSA) is 26.3 Å². The van der Waals surface area contributed by atoms with Gasteiger partial charge in [-0.2, -0.15) is 0 Å². The molecule has 0 aliphatic heterocycles. The Morgan fingerprint density at radius 1 is 1.47 bits per heavy atom. The molecule has 1 atom stereocenters. The van der Waals surface area contributed by atoms with Crippen LogP contribution >= 0.6 is 23.2 Å². The molecule has 0 saturated heterocycles. The molecule has 1 aromatic carbocycles. The summed E-state index contributed by atoms with van der Waals surface area (Å²) in [5.74, 6) is 0.498. The van der Waals surface area contributed by atoms with Gasteiger partial charge >= 0.3 is 0 Å². The monoisotopic (exact) mass is 272 g/mol. The normalized spacial score (nSPS) is 16.9. The SMILES string of the molecule is COC(C(=O)Cc1ccc(Cl)cc1Cl)C1CC1. The highest BCUT2D eigenvalue weighted by Gasteiger charge is 2.36. The Bertz CT molecular complexity index is 427. The molecule has 2 nitrogen and oxygen atoms in total. The van der Waals surface area contributed by atoms with E-state index in [1.165, 1.54) is 0 Å². The molecule has 1 aliphatic rings. The number of hydrogen-bond acceptors (Lipinski definition) is 2. The molecule has 1 aliphatic carbocycles. The Kier molecular flexibility index (Phi) is 4.08. The molecular weight excluding hydrogens is 259 g/mol. The van der Waals surface area contributed by atoms with Crippen LogP contribution in [0.4, 0.5) is 0 Å². The van der Waals surface area contributed by atoms with E-state index in [2.05, 4.69) is 0 Å². The summed E-state index contributed by atoms with van der Waals surface area (Å²) in [6, 6.07) is 5.20. The minimum absolute atomic E-state index is 0.0965. The van der Waals surface area contributed by atoms with E-state index in [1.807, 2.05) is 0 Å². The van der Waals surface area contributed by atoms with Crippen molar-refractivity contribution in [2.75, 3.05) is 7.11 Å². The highest BCUT2D eigenvalue weighted by Crippen LogP contribution is 2.35. The van der Waals surface area contributed by atoms with Crippen molar-refractivity contribution in [3.8, 4) is 0 Å². The van der Waals surface area contributed by atoms with Gasteiger partial charge in [0.15, 0.2) is 5.78 Å². The van der Waals surface area contributed by atoms with Crippen molar-refractivity contribution < 1.29 is 9.53 Å². The van der Waals surface area contributed by atoms with Crippen LogP contribution in [0.15, 0.2) is 18.2 Å². The highest BCUT2D eigenvalue weighted by molar-refractivity contribution is 6.35. The van der Waals surface area contributed by atoms with Crippen LogP contribution in [0.25, 0.3) is 0 Å². The van der Waals surface area contributed by atoms with Gasteiger partial charge in [0, 0.05) is 23.6 Å². The van der Waals surface area contributed by atoms with Crippen LogP contribution < -0.4 is 0 Å². The molecule has 17 heavy (non-hydrogen) atoms. The molecular formula is C13H14Cl2O2. The lowest BCUT2D eigenvalue weighted by molar-refractivity contribution is -0.129. The molecule has 92 valence electrons. The van der Waals surface area contributed by atoms with Crippen molar-refractivity contribution in [2.45, 2.75) is 25.4 Å². The molecule has 1 fully saturated rings. The number of ether oxygens (including phenoxy) is 1. The summed E-state index contributed by atoms with van der Waals surface area (Å²) >= 11 is 11.8. The first-order chi connectivity index (χ1) is 8.11. The van der Waals surface area contributed by atoms with E-state index in [0.717, 1.165) is 18.4 Å². The lowest BCUT2D eigenvalue weighted by atomic mass is 10.0. The van der Waals surface area contributed by atoms with Crippen LogP contribution in [0.2, 0.25) is 10.0 Å². The third-order valence-corrected chi connectivity index (χ3v) is 3.59. The van der Waals surface area contributed by atoms with Gasteiger partial charge in [-0.05, 0) is 36.5 Å². The molecule has 0 aromatic heterocycles. The van der Waals surface area contributed by atoms with Crippen molar-refractivity contribution in [3.63, 3.8) is 0 Å². The zero-order valence-electron chi connectivity index (χ0n) is 9.58. The number of Topliss-reactive ketones (excluding diaryl/α,β-unsaturated/α-hetero) is 1. The summed E-state index contributed by atoms with van der Waals surface area (Å²) in [6.07, 6.45) is 2.20. The van der Waals surface area contributed by atoms with E-state index in [9.17, 15) is 4.79 Å². The molecule has 0 heterocycles. The van der Waals surface area contributed by atoms with E-state index >= 15 is 0 Å². The Balaban J connectivity index is 2.06. The molecule has 0 spiro atoms. The third-order valence-electron chi connectivity index (χ3n) is 3.00. The maximum atomic E-state index is 12.0. The van der Waals surface area contributed by atoms with E-state index in [4.69, 9.17) is 27.9 Å². The second-order valence-electron chi connectivity index (χ2n) is 4.37. The second kappa shape index (κ2) is 5.38. The molecule has 0 radical (unpaired) electrons. The average molecular weight is 273 g/mol. The van der Waals surface area contributed by atoms with Crippen molar-refractivity contribution in [2.24, 2.45) is 5.92 Å². The molecule has 1 saturated carbocycles. The number of ketones is 1. The summed E-state index contributed by atoms with van der Waals surface area (Å²) in [4.78, 5) is 12.0. The van der Waals surface area contributed by atoms with Gasteiger partial charge in [-0.25, -0.2) is 0 Å². The molecule has 0 N–H and O–H groups in total. The van der Waals surface area contributed by atoms with Gasteiger partial charge in [0.2, 0.25) is 0 Å². The van der Waals surface area contributed by atoms with Crippen molar-refractivity contribution >= 4 is 29.0 Å². The molecule has 0 amide bonds. The van der Waals surface area contributed by atoms with Crippen molar-refractivity contribution in [1.82, 2.24) is 0 Å². The van der Waals surface area contributed by atoms with E-state index in [-0.39, 0.29) is 11.9 Å². The van der Waals surface area contributed by atoms with E-state index in [0.29, 0.717) is 22.4 Å². The first-order valence-electron chi connectivity index (χ1n) is 5.61. The Morgan fingerprint density at radius 3 is 2.71 bits per heavy atom. The van der Waals surface area contributed by atoms with Gasteiger partial charge in [0.1, 0.15) is 6.10 Å². The number of methoxy groups -OCH3 is 1. The van der Waals surface area contributed by atoms with Gasteiger partial charge in [-0.1, -0.05) is 29.3 Å². The van der Waals surface area contributed by atoms with Gasteiger partial charge in [-0.15, -0.1) is 0 Å². The molecule has 0 bridgehead atoms. The zero-order chi connectivity index (χ0) is 12.4. The number of hydrogen-bond donors (Lipinski definition) is 0. The van der Waals surface area contributed by atoms with Crippen LogP contribution in [0.1, 0.15) is 18.4 Å². The predicted octanol–water partition coefficient (Wildman–Crippen LogP) is 3.53. The number of benzene rings is 1. The first-order valence-corrected chi connectivity index (χ1v) is 6.37. The van der Waals surface area contributed by atoms with Crippen molar-refractivity contribution in [1.29, 1.82) is 0 Å². The lowest BCUT2D eigenvalue weighted by Crippen LogP contribution is -2.26. The summed E-state index contributed by atoms with van der Waals surface area (Å²) in [5, 5.41) is 1.12. The van der Waals surface area contributed by atoms with Crippen LogP contribution in [-0.4, -0.2) is 19.0 Å². The summed E-state index contributed by atoms with van der Waals surface area (Å²) in [7, 11) is 1.59. The van der Waals surface area contributed by atoms with Gasteiger partial charge in [-0.3, -0.25) is 4.79 Å².